The van der Waals surface area contributed by atoms with E-state index in [1.54, 1.807) is 19.1 Å². The molecule has 0 saturated carbocycles. The van der Waals surface area contributed by atoms with Crippen LogP contribution in [-0.2, 0) is 10.4 Å². The summed E-state index contributed by atoms with van der Waals surface area (Å²) in [6, 6.07) is 9.09. The van der Waals surface area contributed by atoms with Crippen LogP contribution in [-0.4, -0.2) is 16.2 Å². The first kappa shape index (κ1) is 10.7. The number of hydrogen-bond donors (Lipinski definition) is 2. The van der Waals surface area contributed by atoms with Crippen LogP contribution >= 0.6 is 0 Å². The molecule has 0 bridgehead atoms. The molecule has 0 radical (unpaired) electrons. The molecule has 1 aromatic rings. The summed E-state index contributed by atoms with van der Waals surface area (Å²) < 4.78 is 0. The number of benzene rings is 1. The van der Waals surface area contributed by atoms with E-state index in [2.05, 4.69) is 0 Å². The first-order valence-corrected chi connectivity index (χ1v) is 4.52. The number of hydrogen-bond acceptors (Lipinski definition) is 2. The first-order chi connectivity index (χ1) is 6.52. The van der Waals surface area contributed by atoms with Crippen LogP contribution in [0.4, 0.5) is 0 Å². The van der Waals surface area contributed by atoms with Crippen molar-refractivity contribution in [2.24, 2.45) is 0 Å². The van der Waals surface area contributed by atoms with Crippen LogP contribution in [0.15, 0.2) is 30.3 Å². The van der Waals surface area contributed by atoms with Crippen molar-refractivity contribution < 1.29 is 15.0 Å². The SMILES string of the molecule is C[C@@](O)(CCC(=O)O)c1ccccc1. The zero-order valence-corrected chi connectivity index (χ0v) is 8.10. The highest BCUT2D eigenvalue weighted by Gasteiger charge is 2.23. The molecule has 3 heteroatoms. The molecule has 0 heterocycles. The highest BCUT2D eigenvalue weighted by Crippen LogP contribution is 2.25. The lowest BCUT2D eigenvalue weighted by molar-refractivity contribution is -0.138. The number of carbonyl (C=O) groups is 1. The van der Waals surface area contributed by atoms with E-state index in [4.69, 9.17) is 5.11 Å². The van der Waals surface area contributed by atoms with Crippen molar-refractivity contribution in [2.75, 3.05) is 0 Å². The second kappa shape index (κ2) is 4.24. The van der Waals surface area contributed by atoms with E-state index < -0.39 is 11.6 Å². The molecule has 0 aliphatic carbocycles. The largest absolute Gasteiger partial charge is 0.481 e. The molecular weight excluding hydrogens is 180 g/mol. The van der Waals surface area contributed by atoms with Crippen molar-refractivity contribution in [1.29, 1.82) is 0 Å². The zero-order chi connectivity index (χ0) is 10.6. The van der Waals surface area contributed by atoms with Crippen molar-refractivity contribution in [1.82, 2.24) is 0 Å². The Morgan fingerprint density at radius 3 is 2.43 bits per heavy atom. The Bertz CT molecular complexity index is 304. The Hall–Kier alpha value is -1.35. The minimum atomic E-state index is -1.06. The lowest BCUT2D eigenvalue weighted by Crippen LogP contribution is -2.22. The van der Waals surface area contributed by atoms with Gasteiger partial charge in [-0.3, -0.25) is 4.79 Å². The van der Waals surface area contributed by atoms with Crippen molar-refractivity contribution in [3.8, 4) is 0 Å². The molecule has 2 N–H and O–H groups in total. The van der Waals surface area contributed by atoms with Gasteiger partial charge in [0.25, 0.3) is 0 Å². The van der Waals surface area contributed by atoms with Gasteiger partial charge in [0.1, 0.15) is 0 Å². The van der Waals surface area contributed by atoms with E-state index in [0.29, 0.717) is 0 Å². The highest BCUT2D eigenvalue weighted by atomic mass is 16.4. The van der Waals surface area contributed by atoms with E-state index in [1.807, 2.05) is 18.2 Å². The number of aliphatic carboxylic acids is 1. The van der Waals surface area contributed by atoms with E-state index in [-0.39, 0.29) is 12.8 Å². The number of carboxylic acids is 1. The van der Waals surface area contributed by atoms with Gasteiger partial charge in [-0.1, -0.05) is 30.3 Å². The Morgan fingerprint density at radius 1 is 1.36 bits per heavy atom. The van der Waals surface area contributed by atoms with Crippen LogP contribution in [0.25, 0.3) is 0 Å². The third kappa shape index (κ3) is 2.85. The first-order valence-electron chi connectivity index (χ1n) is 4.52. The predicted octanol–water partition coefficient (Wildman–Crippen LogP) is 1.76. The minimum Gasteiger partial charge on any atom is -0.481 e. The predicted molar refractivity (Wildman–Crippen MR) is 52.9 cm³/mol. The van der Waals surface area contributed by atoms with Crippen molar-refractivity contribution >= 4 is 5.97 Å². The Balaban J connectivity index is 2.70. The summed E-state index contributed by atoms with van der Waals surface area (Å²) in [5, 5.41) is 18.5. The Morgan fingerprint density at radius 2 is 1.93 bits per heavy atom. The lowest BCUT2D eigenvalue weighted by Gasteiger charge is -2.22. The second-order valence-corrected chi connectivity index (χ2v) is 3.53. The number of rotatable bonds is 4. The summed E-state index contributed by atoms with van der Waals surface area (Å²) >= 11 is 0. The molecule has 1 aromatic carbocycles. The molecule has 0 spiro atoms. The monoisotopic (exact) mass is 194 g/mol. The fraction of sp³-hybridized carbons (Fsp3) is 0.364. The zero-order valence-electron chi connectivity index (χ0n) is 8.10. The highest BCUT2D eigenvalue weighted by molar-refractivity contribution is 5.66. The minimum absolute atomic E-state index is 0.0259. The van der Waals surface area contributed by atoms with Gasteiger partial charge in [-0.2, -0.15) is 0 Å². The molecular formula is C11H14O3. The molecule has 0 fully saturated rings. The van der Waals surface area contributed by atoms with Gasteiger partial charge in [0.05, 0.1) is 5.60 Å². The standard InChI is InChI=1S/C11H14O3/c1-11(14,8-7-10(12)13)9-5-3-2-4-6-9/h2-6,14H,7-8H2,1H3,(H,12,13)/t11-/m1/s1. The van der Waals surface area contributed by atoms with Crippen molar-refractivity contribution in [3.63, 3.8) is 0 Å². The topological polar surface area (TPSA) is 57.5 Å². The molecule has 0 aliphatic heterocycles. The molecule has 0 unspecified atom stereocenters. The quantitative estimate of drug-likeness (QED) is 0.767. The normalized spacial score (nSPS) is 14.7. The summed E-state index contributed by atoms with van der Waals surface area (Å²) in [6.07, 6.45) is 0.203. The van der Waals surface area contributed by atoms with Gasteiger partial charge in [-0.05, 0) is 18.9 Å². The summed E-state index contributed by atoms with van der Waals surface area (Å²) in [4.78, 5) is 10.4. The molecule has 3 nitrogen and oxygen atoms in total. The molecule has 1 rings (SSSR count). The van der Waals surface area contributed by atoms with Gasteiger partial charge in [0, 0.05) is 6.42 Å². The van der Waals surface area contributed by atoms with Gasteiger partial charge in [0.15, 0.2) is 0 Å². The van der Waals surface area contributed by atoms with E-state index >= 15 is 0 Å². The summed E-state index contributed by atoms with van der Waals surface area (Å²) in [5.74, 6) is -0.888. The summed E-state index contributed by atoms with van der Waals surface area (Å²) in [5.41, 5.74) is -0.305. The third-order valence-electron chi connectivity index (χ3n) is 2.22. The third-order valence-corrected chi connectivity index (χ3v) is 2.22. The molecule has 0 saturated heterocycles. The molecule has 0 amide bonds. The molecule has 14 heavy (non-hydrogen) atoms. The maximum Gasteiger partial charge on any atom is 0.303 e. The summed E-state index contributed by atoms with van der Waals surface area (Å²) in [6.45, 7) is 1.63. The maximum atomic E-state index is 10.4. The van der Waals surface area contributed by atoms with Gasteiger partial charge < -0.3 is 10.2 Å². The second-order valence-electron chi connectivity index (χ2n) is 3.53. The Labute approximate surface area is 83.0 Å². The van der Waals surface area contributed by atoms with Crippen LogP contribution in [0, 0.1) is 0 Å². The van der Waals surface area contributed by atoms with Gasteiger partial charge in [0.2, 0.25) is 0 Å². The van der Waals surface area contributed by atoms with Crippen LogP contribution < -0.4 is 0 Å². The van der Waals surface area contributed by atoms with Gasteiger partial charge in [-0.25, -0.2) is 0 Å². The molecule has 1 atom stereocenters. The van der Waals surface area contributed by atoms with Crippen molar-refractivity contribution in [3.05, 3.63) is 35.9 Å². The molecule has 0 aromatic heterocycles. The fourth-order valence-corrected chi connectivity index (χ4v) is 1.29. The van der Waals surface area contributed by atoms with Crippen LogP contribution in [0.5, 0.6) is 0 Å². The average Bonchev–Trinajstić information content (AvgIpc) is 2.16. The van der Waals surface area contributed by atoms with Gasteiger partial charge in [-0.15, -0.1) is 0 Å². The number of carboxylic acid groups (broad SMARTS) is 1. The number of aliphatic hydroxyl groups is 1. The lowest BCUT2D eigenvalue weighted by atomic mass is 9.91. The van der Waals surface area contributed by atoms with Crippen LogP contribution in [0.3, 0.4) is 0 Å². The smallest absolute Gasteiger partial charge is 0.303 e. The molecule has 76 valence electrons. The molecule has 0 aliphatic rings. The van der Waals surface area contributed by atoms with E-state index in [0.717, 1.165) is 5.56 Å². The van der Waals surface area contributed by atoms with Crippen LogP contribution in [0.1, 0.15) is 25.3 Å². The average molecular weight is 194 g/mol. The van der Waals surface area contributed by atoms with Crippen LogP contribution in [0.2, 0.25) is 0 Å². The van der Waals surface area contributed by atoms with Gasteiger partial charge >= 0.3 is 5.97 Å². The maximum absolute atomic E-state index is 10.4. The fourth-order valence-electron chi connectivity index (χ4n) is 1.29. The Kier molecular flexibility index (Phi) is 3.25. The van der Waals surface area contributed by atoms with E-state index in [9.17, 15) is 9.90 Å². The van der Waals surface area contributed by atoms with E-state index in [1.165, 1.54) is 0 Å². The van der Waals surface area contributed by atoms with Crippen molar-refractivity contribution in [2.45, 2.75) is 25.4 Å². The summed E-state index contributed by atoms with van der Waals surface area (Å²) in [7, 11) is 0.